The van der Waals surface area contributed by atoms with E-state index in [1.807, 2.05) is 53.9 Å². The molecular weight excluding hydrogens is 703 g/mol. The fraction of sp³-hybridized carbons (Fsp3) is 0. The average molecular weight is 734 g/mol. The number of rotatable bonds is 6. The first-order valence-corrected chi connectivity index (χ1v) is 19.5. The summed E-state index contributed by atoms with van der Waals surface area (Å²) < 4.78 is 4.90. The lowest BCUT2D eigenvalue weighted by molar-refractivity contribution is 1.05. The monoisotopic (exact) mass is 733 g/mol. The molecule has 11 rings (SSSR count). The van der Waals surface area contributed by atoms with Crippen molar-refractivity contribution in [2.45, 2.75) is 0 Å². The summed E-state index contributed by atoms with van der Waals surface area (Å²) in [5.41, 5.74) is 10.1. The molecule has 4 aromatic heterocycles. The summed E-state index contributed by atoms with van der Waals surface area (Å²) >= 11 is 1.83. The fourth-order valence-electron chi connectivity index (χ4n) is 7.91. The first-order valence-electron chi connectivity index (χ1n) is 18.6. The van der Waals surface area contributed by atoms with E-state index in [1.54, 1.807) is 0 Å². The van der Waals surface area contributed by atoms with Crippen LogP contribution in [-0.4, -0.2) is 24.5 Å². The Balaban J connectivity index is 1.12. The molecule has 0 saturated carbocycles. The first kappa shape index (κ1) is 32.2. The number of aromatic nitrogens is 5. The zero-order valence-electron chi connectivity index (χ0n) is 30.0. The van der Waals surface area contributed by atoms with Gasteiger partial charge in [-0.3, -0.25) is 4.98 Å². The molecule has 0 aliphatic heterocycles. The molecule has 0 radical (unpaired) electrons. The van der Waals surface area contributed by atoms with Gasteiger partial charge in [-0.15, -0.1) is 11.3 Å². The van der Waals surface area contributed by atoms with Gasteiger partial charge in [0, 0.05) is 53.8 Å². The summed E-state index contributed by atoms with van der Waals surface area (Å²) in [4.78, 5) is 20.5. The molecule has 0 aliphatic carbocycles. The first-order chi connectivity index (χ1) is 27.8. The standard InChI is InChI=1S/C50H31N5S/c1-3-15-32(16-4-1)41-31-51-42(30-45(41)55-43-26-10-7-21-37(43)38-22-8-11-27-44(38)55)50-53-48(33-17-5-2-6-18-33)52-49(54-50)35-20-13-19-34(29-35)36-24-14-25-40-39-23-9-12-28-46(39)56-47(36)40/h1-31H. The molecule has 4 heterocycles. The second-order valence-electron chi connectivity index (χ2n) is 13.9. The van der Waals surface area contributed by atoms with Crippen LogP contribution in [0.4, 0.5) is 0 Å². The third-order valence-electron chi connectivity index (χ3n) is 10.5. The Morgan fingerprint density at radius 1 is 0.393 bits per heavy atom. The quantitative estimate of drug-likeness (QED) is 0.171. The number of fused-ring (bicyclic) bond motifs is 6. The molecule has 0 fully saturated rings. The van der Waals surface area contributed by atoms with Crippen LogP contribution in [0.15, 0.2) is 188 Å². The smallest absolute Gasteiger partial charge is 0.182 e. The van der Waals surface area contributed by atoms with Gasteiger partial charge in [0.1, 0.15) is 5.69 Å². The summed E-state index contributed by atoms with van der Waals surface area (Å²) in [6.07, 6.45) is 1.96. The summed E-state index contributed by atoms with van der Waals surface area (Å²) in [6, 6.07) is 63.6. The maximum absolute atomic E-state index is 5.19. The number of hydrogen-bond acceptors (Lipinski definition) is 5. The summed E-state index contributed by atoms with van der Waals surface area (Å²) in [6.45, 7) is 0. The van der Waals surface area contributed by atoms with Crippen LogP contribution in [0.2, 0.25) is 0 Å². The Hall–Kier alpha value is -7.28. The van der Waals surface area contributed by atoms with E-state index in [0.717, 1.165) is 44.5 Å². The van der Waals surface area contributed by atoms with Crippen LogP contribution in [0.25, 0.3) is 104 Å². The van der Waals surface area contributed by atoms with Gasteiger partial charge in [-0.25, -0.2) is 15.0 Å². The van der Waals surface area contributed by atoms with Gasteiger partial charge in [-0.1, -0.05) is 152 Å². The molecule has 56 heavy (non-hydrogen) atoms. The van der Waals surface area contributed by atoms with E-state index in [-0.39, 0.29) is 0 Å². The largest absolute Gasteiger partial charge is 0.308 e. The van der Waals surface area contributed by atoms with E-state index in [9.17, 15) is 0 Å². The highest BCUT2D eigenvalue weighted by atomic mass is 32.1. The molecule has 0 spiro atoms. The molecule has 0 N–H and O–H groups in total. The normalized spacial score (nSPS) is 11.6. The second kappa shape index (κ2) is 13.2. The number of thiophene rings is 1. The average Bonchev–Trinajstić information content (AvgIpc) is 3.83. The molecular formula is C50H31N5S. The second-order valence-corrected chi connectivity index (χ2v) is 14.9. The van der Waals surface area contributed by atoms with Crippen molar-refractivity contribution in [2.75, 3.05) is 0 Å². The Bertz CT molecular complexity index is 3200. The Morgan fingerprint density at radius 2 is 0.946 bits per heavy atom. The van der Waals surface area contributed by atoms with Crippen LogP contribution in [-0.2, 0) is 0 Å². The van der Waals surface area contributed by atoms with Gasteiger partial charge in [0.05, 0.1) is 16.7 Å². The van der Waals surface area contributed by atoms with E-state index in [4.69, 9.17) is 19.9 Å². The van der Waals surface area contributed by atoms with Crippen LogP contribution >= 0.6 is 11.3 Å². The summed E-state index contributed by atoms with van der Waals surface area (Å²) in [7, 11) is 0. The van der Waals surface area contributed by atoms with Crippen molar-refractivity contribution < 1.29 is 0 Å². The van der Waals surface area contributed by atoms with Gasteiger partial charge < -0.3 is 4.57 Å². The third-order valence-corrected chi connectivity index (χ3v) is 11.7. The van der Waals surface area contributed by atoms with Gasteiger partial charge in [0.15, 0.2) is 17.5 Å². The Labute approximate surface area is 326 Å². The minimum Gasteiger partial charge on any atom is -0.308 e. The number of pyridine rings is 1. The van der Waals surface area contributed by atoms with Crippen molar-refractivity contribution >= 4 is 53.3 Å². The van der Waals surface area contributed by atoms with Crippen LogP contribution in [0.5, 0.6) is 0 Å². The molecule has 0 unspecified atom stereocenters. The Kier molecular flexibility index (Phi) is 7.60. The molecule has 5 nitrogen and oxygen atoms in total. The van der Waals surface area contributed by atoms with Gasteiger partial charge in [0.25, 0.3) is 0 Å². The van der Waals surface area contributed by atoms with Crippen LogP contribution in [0.3, 0.4) is 0 Å². The maximum atomic E-state index is 5.19. The zero-order valence-corrected chi connectivity index (χ0v) is 30.9. The third kappa shape index (κ3) is 5.38. The number of hydrogen-bond donors (Lipinski definition) is 0. The fourth-order valence-corrected chi connectivity index (χ4v) is 9.15. The SMILES string of the molecule is c1ccc(-c2nc(-c3cccc(-c4cccc5c4sc4ccccc45)c3)nc(-c3cc(-n4c5ccccc5c5ccccc54)c(-c4ccccc4)cn3)n2)cc1. The molecule has 0 atom stereocenters. The van der Waals surface area contributed by atoms with Crippen LogP contribution < -0.4 is 0 Å². The highest BCUT2D eigenvalue weighted by molar-refractivity contribution is 7.26. The van der Waals surface area contributed by atoms with Gasteiger partial charge >= 0.3 is 0 Å². The van der Waals surface area contributed by atoms with Gasteiger partial charge in [0.2, 0.25) is 0 Å². The van der Waals surface area contributed by atoms with E-state index >= 15 is 0 Å². The van der Waals surface area contributed by atoms with E-state index in [0.29, 0.717) is 23.2 Å². The van der Waals surface area contributed by atoms with Crippen LogP contribution in [0, 0.1) is 0 Å². The van der Waals surface area contributed by atoms with Crippen molar-refractivity contribution in [1.82, 2.24) is 24.5 Å². The molecule has 0 bridgehead atoms. The minimum atomic E-state index is 0.507. The molecule has 11 aromatic rings. The predicted molar refractivity (Wildman–Crippen MR) is 232 cm³/mol. The molecule has 0 saturated heterocycles. The van der Waals surface area contributed by atoms with Gasteiger partial charge in [-0.2, -0.15) is 0 Å². The molecule has 6 heteroatoms. The van der Waals surface area contributed by atoms with Crippen molar-refractivity contribution in [1.29, 1.82) is 0 Å². The van der Waals surface area contributed by atoms with Crippen molar-refractivity contribution in [3.05, 3.63) is 188 Å². The van der Waals surface area contributed by atoms with Crippen molar-refractivity contribution in [3.63, 3.8) is 0 Å². The van der Waals surface area contributed by atoms with E-state index < -0.39 is 0 Å². The topological polar surface area (TPSA) is 56.5 Å². The van der Waals surface area contributed by atoms with Crippen LogP contribution in [0.1, 0.15) is 0 Å². The van der Waals surface area contributed by atoms with Gasteiger partial charge in [-0.05, 0) is 47.0 Å². The zero-order chi connectivity index (χ0) is 37.0. The lowest BCUT2D eigenvalue weighted by Gasteiger charge is -2.16. The predicted octanol–water partition coefficient (Wildman–Crippen LogP) is 13.1. The van der Waals surface area contributed by atoms with Crippen molar-refractivity contribution in [3.8, 4) is 62.2 Å². The lowest BCUT2D eigenvalue weighted by atomic mass is 10.0. The maximum Gasteiger partial charge on any atom is 0.182 e. The molecule has 262 valence electrons. The number of nitrogens with zero attached hydrogens (tertiary/aromatic N) is 5. The summed E-state index contributed by atoms with van der Waals surface area (Å²) in [5, 5.41) is 4.94. The van der Waals surface area contributed by atoms with E-state index in [1.165, 1.54) is 36.5 Å². The van der Waals surface area contributed by atoms with Crippen molar-refractivity contribution in [2.24, 2.45) is 0 Å². The highest BCUT2D eigenvalue weighted by Gasteiger charge is 2.20. The molecule has 7 aromatic carbocycles. The molecule has 0 amide bonds. The number of para-hydroxylation sites is 2. The van der Waals surface area contributed by atoms with E-state index in [2.05, 4.69) is 150 Å². The Morgan fingerprint density at radius 3 is 1.70 bits per heavy atom. The number of benzene rings is 7. The lowest BCUT2D eigenvalue weighted by Crippen LogP contribution is -2.04. The summed E-state index contributed by atoms with van der Waals surface area (Å²) in [5.74, 6) is 1.69. The highest BCUT2D eigenvalue weighted by Crippen LogP contribution is 2.41. The minimum absolute atomic E-state index is 0.507. The molecule has 0 aliphatic rings.